The summed E-state index contributed by atoms with van der Waals surface area (Å²) < 4.78 is 49.8. The van der Waals surface area contributed by atoms with Crippen LogP contribution in [0.2, 0.25) is 0 Å². The van der Waals surface area contributed by atoms with E-state index in [9.17, 15) is 18.0 Å². The van der Waals surface area contributed by atoms with Gasteiger partial charge in [-0.25, -0.2) is 4.79 Å². The van der Waals surface area contributed by atoms with Gasteiger partial charge in [0.15, 0.2) is 5.75 Å². The highest BCUT2D eigenvalue weighted by atomic mass is 19.4. The van der Waals surface area contributed by atoms with Crippen LogP contribution in [0.25, 0.3) is 0 Å². The van der Waals surface area contributed by atoms with E-state index in [1.165, 1.54) is 0 Å². The molecule has 0 N–H and O–H groups in total. The Kier molecular flexibility index (Phi) is 6.76. The zero-order valence-electron chi connectivity index (χ0n) is 20.4. The maximum atomic E-state index is 12.9. The number of ether oxygens (including phenoxy) is 2. The van der Waals surface area contributed by atoms with E-state index in [1.54, 1.807) is 17.3 Å². The molecule has 10 heteroatoms. The second-order valence-electron chi connectivity index (χ2n) is 9.85. The highest BCUT2D eigenvalue weighted by Crippen LogP contribution is 2.41. The van der Waals surface area contributed by atoms with Gasteiger partial charge in [0.2, 0.25) is 0 Å². The number of aromatic nitrogens is 2. The predicted octanol–water partition coefficient (Wildman–Crippen LogP) is 5.69. The minimum absolute atomic E-state index is 0.149. The molecule has 7 nitrogen and oxygen atoms in total. The van der Waals surface area contributed by atoms with E-state index >= 15 is 0 Å². The van der Waals surface area contributed by atoms with E-state index in [0.29, 0.717) is 25.0 Å². The summed E-state index contributed by atoms with van der Waals surface area (Å²) in [6.45, 7) is 5.65. The van der Waals surface area contributed by atoms with E-state index in [0.717, 1.165) is 61.6 Å². The number of carbonyl (C=O) groups excluding carboxylic acids is 1. The number of aryl methyl sites for hydroxylation is 1. The molecule has 194 valence electrons. The van der Waals surface area contributed by atoms with Gasteiger partial charge < -0.3 is 14.4 Å². The molecule has 2 aliphatic rings. The average molecular weight is 513 g/mol. The number of hydrogen-bond donors (Lipinski definition) is 0. The first-order valence-corrected chi connectivity index (χ1v) is 12.1. The SMILES string of the molecule is Cc1cncc(Oc2cccc(CN3CC4(CCN(C(=O)Oc5cncc(C(F)(F)F)c5)CC4)C3)c2)c1. The van der Waals surface area contributed by atoms with Crippen molar-refractivity contribution >= 4 is 6.09 Å². The Labute approximate surface area is 212 Å². The minimum Gasteiger partial charge on any atom is -0.456 e. The second-order valence-corrected chi connectivity index (χ2v) is 9.85. The lowest BCUT2D eigenvalue weighted by molar-refractivity contribution is -0.137. The topological polar surface area (TPSA) is 67.8 Å². The van der Waals surface area contributed by atoms with Gasteiger partial charge in [-0.15, -0.1) is 0 Å². The maximum Gasteiger partial charge on any atom is 0.418 e. The first-order valence-electron chi connectivity index (χ1n) is 12.1. The normalized spacial score (nSPS) is 17.4. The Morgan fingerprint density at radius 2 is 1.70 bits per heavy atom. The molecule has 4 heterocycles. The average Bonchev–Trinajstić information content (AvgIpc) is 2.83. The molecule has 0 bridgehead atoms. The lowest BCUT2D eigenvalue weighted by Crippen LogP contribution is -2.60. The van der Waals surface area contributed by atoms with Gasteiger partial charge in [-0.05, 0) is 60.6 Å². The molecular formula is C27H27F3N4O3. The van der Waals surface area contributed by atoms with Crippen molar-refractivity contribution in [3.05, 3.63) is 77.9 Å². The first-order chi connectivity index (χ1) is 17.7. The number of hydrogen-bond acceptors (Lipinski definition) is 6. The summed E-state index contributed by atoms with van der Waals surface area (Å²) in [5.74, 6) is 1.26. The van der Waals surface area contributed by atoms with E-state index < -0.39 is 17.8 Å². The number of halogens is 3. The largest absolute Gasteiger partial charge is 0.456 e. The van der Waals surface area contributed by atoms with E-state index in [2.05, 4.69) is 20.9 Å². The third-order valence-electron chi connectivity index (χ3n) is 6.84. The number of benzene rings is 1. The van der Waals surface area contributed by atoms with Crippen LogP contribution in [0, 0.1) is 12.3 Å². The number of alkyl halides is 3. The number of piperidine rings is 1. The third kappa shape index (κ3) is 6.02. The van der Waals surface area contributed by atoms with Gasteiger partial charge in [-0.1, -0.05) is 12.1 Å². The fourth-order valence-electron chi connectivity index (χ4n) is 4.97. The molecular weight excluding hydrogens is 485 g/mol. The second kappa shape index (κ2) is 10.0. The molecule has 0 aliphatic carbocycles. The Morgan fingerprint density at radius 3 is 2.43 bits per heavy atom. The summed E-state index contributed by atoms with van der Waals surface area (Å²) in [4.78, 5) is 24.1. The van der Waals surface area contributed by atoms with Crippen LogP contribution in [-0.2, 0) is 12.7 Å². The van der Waals surface area contributed by atoms with Crippen LogP contribution in [0.3, 0.4) is 0 Å². The van der Waals surface area contributed by atoms with Gasteiger partial charge >= 0.3 is 12.3 Å². The molecule has 0 saturated carbocycles. The molecule has 0 radical (unpaired) electrons. The summed E-state index contributed by atoms with van der Waals surface area (Å²) >= 11 is 0. The van der Waals surface area contributed by atoms with E-state index in [1.807, 2.05) is 31.2 Å². The summed E-state index contributed by atoms with van der Waals surface area (Å²) in [5, 5.41) is 0. The van der Waals surface area contributed by atoms with Gasteiger partial charge in [-0.3, -0.25) is 14.9 Å². The number of rotatable bonds is 5. The lowest BCUT2D eigenvalue weighted by Gasteiger charge is -2.54. The highest BCUT2D eigenvalue weighted by Gasteiger charge is 2.45. The maximum absolute atomic E-state index is 12.9. The number of pyridine rings is 2. The summed E-state index contributed by atoms with van der Waals surface area (Å²) in [6.07, 6.45) is 1.74. The molecule has 2 aromatic heterocycles. The van der Waals surface area contributed by atoms with Crippen LogP contribution in [0.4, 0.5) is 18.0 Å². The van der Waals surface area contributed by atoms with Crippen molar-refractivity contribution in [3.63, 3.8) is 0 Å². The van der Waals surface area contributed by atoms with Gasteiger partial charge in [0.05, 0.1) is 18.0 Å². The van der Waals surface area contributed by atoms with Crippen LogP contribution in [0.5, 0.6) is 17.2 Å². The van der Waals surface area contributed by atoms with E-state index in [4.69, 9.17) is 9.47 Å². The smallest absolute Gasteiger partial charge is 0.418 e. The molecule has 1 amide bonds. The molecule has 1 aromatic carbocycles. The van der Waals surface area contributed by atoms with Crippen molar-refractivity contribution in [2.24, 2.45) is 5.41 Å². The number of amides is 1. The summed E-state index contributed by atoms with van der Waals surface area (Å²) in [7, 11) is 0. The van der Waals surface area contributed by atoms with Gasteiger partial charge in [0, 0.05) is 45.1 Å². The molecule has 2 aliphatic heterocycles. The zero-order valence-corrected chi connectivity index (χ0v) is 20.4. The minimum atomic E-state index is -4.55. The Hall–Kier alpha value is -3.66. The van der Waals surface area contributed by atoms with Crippen LogP contribution >= 0.6 is 0 Å². The third-order valence-corrected chi connectivity index (χ3v) is 6.84. The monoisotopic (exact) mass is 512 g/mol. The summed E-state index contributed by atoms with van der Waals surface area (Å²) in [6, 6.07) is 10.7. The lowest BCUT2D eigenvalue weighted by atomic mass is 9.72. The molecule has 5 rings (SSSR count). The van der Waals surface area contributed by atoms with Crippen LogP contribution in [0.15, 0.2) is 61.2 Å². The van der Waals surface area contributed by atoms with Crippen molar-refractivity contribution in [2.75, 3.05) is 26.2 Å². The molecule has 0 atom stereocenters. The summed E-state index contributed by atoms with van der Waals surface area (Å²) in [5.41, 5.74) is 1.39. The first kappa shape index (κ1) is 25.0. The fourth-order valence-corrected chi connectivity index (χ4v) is 4.97. The van der Waals surface area contributed by atoms with Crippen molar-refractivity contribution in [1.29, 1.82) is 0 Å². The molecule has 3 aromatic rings. The van der Waals surface area contributed by atoms with Crippen molar-refractivity contribution in [2.45, 2.75) is 32.5 Å². The standard InChI is InChI=1S/C27H27F3N4O3/c1-19-9-23(14-31-12-19)36-22-4-2-3-20(10-22)16-33-17-26(18-33)5-7-34(8-6-26)25(35)37-24-11-21(13-32-15-24)27(28,29)30/h2-4,9-15H,5-8,16-18H2,1H3. The predicted molar refractivity (Wildman–Crippen MR) is 129 cm³/mol. The van der Waals surface area contributed by atoms with Gasteiger partial charge in [0.25, 0.3) is 0 Å². The molecule has 0 unspecified atom stereocenters. The molecule has 2 fully saturated rings. The van der Waals surface area contributed by atoms with Crippen molar-refractivity contribution in [1.82, 2.24) is 19.8 Å². The molecule has 1 spiro atoms. The highest BCUT2D eigenvalue weighted by molar-refractivity contribution is 5.70. The van der Waals surface area contributed by atoms with E-state index in [-0.39, 0.29) is 11.2 Å². The van der Waals surface area contributed by atoms with Crippen molar-refractivity contribution < 1.29 is 27.4 Å². The zero-order chi connectivity index (χ0) is 26.0. The van der Waals surface area contributed by atoms with Crippen LogP contribution < -0.4 is 9.47 Å². The Bertz CT molecular complexity index is 1270. The van der Waals surface area contributed by atoms with Crippen LogP contribution in [0.1, 0.15) is 29.5 Å². The molecule has 2 saturated heterocycles. The van der Waals surface area contributed by atoms with Gasteiger partial charge in [-0.2, -0.15) is 13.2 Å². The quantitative estimate of drug-likeness (QED) is 0.437. The fraction of sp³-hybridized carbons (Fsp3) is 0.370. The van der Waals surface area contributed by atoms with Gasteiger partial charge in [0.1, 0.15) is 11.5 Å². The Morgan fingerprint density at radius 1 is 0.973 bits per heavy atom. The number of likely N-dealkylation sites (tertiary alicyclic amines) is 2. The van der Waals surface area contributed by atoms with Crippen LogP contribution in [-0.4, -0.2) is 52.0 Å². The number of nitrogens with zero attached hydrogens (tertiary/aromatic N) is 4. The number of carbonyl (C=O) groups is 1. The van der Waals surface area contributed by atoms with Crippen molar-refractivity contribution in [3.8, 4) is 17.2 Å². The Balaban J connectivity index is 1.10. The molecule has 37 heavy (non-hydrogen) atoms.